The van der Waals surface area contributed by atoms with Crippen molar-refractivity contribution in [3.63, 3.8) is 0 Å². The van der Waals surface area contributed by atoms with Crippen LogP contribution >= 0.6 is 12.4 Å². The lowest BCUT2D eigenvalue weighted by molar-refractivity contribution is -0.147. The van der Waals surface area contributed by atoms with E-state index in [-0.39, 0.29) is 18.3 Å². The predicted octanol–water partition coefficient (Wildman–Crippen LogP) is 2.03. The van der Waals surface area contributed by atoms with E-state index in [0.29, 0.717) is 18.5 Å². The van der Waals surface area contributed by atoms with Crippen LogP contribution < -0.4 is 11.1 Å². The maximum absolute atomic E-state index is 12.2. The van der Waals surface area contributed by atoms with Gasteiger partial charge in [0.1, 0.15) is 5.54 Å². The predicted molar refractivity (Wildman–Crippen MR) is 84.4 cm³/mol. The van der Waals surface area contributed by atoms with E-state index >= 15 is 0 Å². The van der Waals surface area contributed by atoms with E-state index in [4.69, 9.17) is 10.5 Å². The van der Waals surface area contributed by atoms with Gasteiger partial charge in [-0.1, -0.05) is 25.5 Å². The third-order valence-corrected chi connectivity index (χ3v) is 3.23. The number of amides is 1. The molecule has 1 atom stereocenters. The molecule has 1 aromatic rings. The fraction of sp³-hybridized carbons (Fsp3) is 0.467. The van der Waals surface area contributed by atoms with E-state index in [9.17, 15) is 9.59 Å². The molecule has 1 amide bonds. The highest BCUT2D eigenvalue weighted by molar-refractivity contribution is 5.98. The van der Waals surface area contributed by atoms with Gasteiger partial charge in [-0.05, 0) is 31.0 Å². The number of hydrogen-bond donors (Lipinski definition) is 2. The zero-order valence-electron chi connectivity index (χ0n) is 12.6. The first-order chi connectivity index (χ1) is 9.46. The van der Waals surface area contributed by atoms with Crippen LogP contribution in [0.4, 0.5) is 0 Å². The zero-order chi connectivity index (χ0) is 15.2. The lowest BCUT2D eigenvalue weighted by Crippen LogP contribution is -2.52. The van der Waals surface area contributed by atoms with Crippen molar-refractivity contribution in [3.05, 3.63) is 35.4 Å². The number of benzene rings is 1. The molecule has 0 spiro atoms. The Morgan fingerprint density at radius 3 is 2.29 bits per heavy atom. The highest BCUT2D eigenvalue weighted by Crippen LogP contribution is 2.16. The molecule has 5 nitrogen and oxygen atoms in total. The highest BCUT2D eigenvalue weighted by atomic mass is 35.5. The summed E-state index contributed by atoms with van der Waals surface area (Å²) in [7, 11) is 1.32. The summed E-state index contributed by atoms with van der Waals surface area (Å²) in [6, 6.07) is 6.98. The fourth-order valence-electron chi connectivity index (χ4n) is 2.06. The van der Waals surface area contributed by atoms with E-state index in [0.717, 1.165) is 12.0 Å². The van der Waals surface area contributed by atoms with Crippen molar-refractivity contribution in [2.24, 2.45) is 5.73 Å². The van der Waals surface area contributed by atoms with Gasteiger partial charge < -0.3 is 15.8 Å². The minimum absolute atomic E-state index is 0. The Labute approximate surface area is 131 Å². The first-order valence-corrected chi connectivity index (χ1v) is 6.66. The van der Waals surface area contributed by atoms with Gasteiger partial charge in [-0.3, -0.25) is 4.79 Å². The molecule has 0 aliphatic heterocycles. The third kappa shape index (κ3) is 5.02. The SMILES string of the molecule is CCCC(C)(NC(=O)c1ccc(CN)cc1)C(=O)OC.Cl. The molecule has 0 fully saturated rings. The van der Waals surface area contributed by atoms with Gasteiger partial charge in [0.2, 0.25) is 0 Å². The summed E-state index contributed by atoms with van der Waals surface area (Å²) in [4.78, 5) is 24.0. The van der Waals surface area contributed by atoms with Crippen molar-refractivity contribution < 1.29 is 14.3 Å². The molecule has 21 heavy (non-hydrogen) atoms. The monoisotopic (exact) mass is 314 g/mol. The van der Waals surface area contributed by atoms with Crippen molar-refractivity contribution in [1.82, 2.24) is 5.32 Å². The van der Waals surface area contributed by atoms with Crippen LogP contribution in [0.2, 0.25) is 0 Å². The molecule has 1 unspecified atom stereocenters. The number of carbonyl (C=O) groups is 2. The summed E-state index contributed by atoms with van der Waals surface area (Å²) in [5.41, 5.74) is 5.95. The van der Waals surface area contributed by atoms with Gasteiger partial charge in [-0.15, -0.1) is 12.4 Å². The average molecular weight is 315 g/mol. The Balaban J connectivity index is 0.00000400. The van der Waals surface area contributed by atoms with Crippen molar-refractivity contribution >= 4 is 24.3 Å². The fourth-order valence-corrected chi connectivity index (χ4v) is 2.06. The average Bonchev–Trinajstić information content (AvgIpc) is 2.46. The summed E-state index contributed by atoms with van der Waals surface area (Å²) < 4.78 is 4.77. The lowest BCUT2D eigenvalue weighted by Gasteiger charge is -2.27. The number of carbonyl (C=O) groups excluding carboxylic acids is 2. The van der Waals surface area contributed by atoms with Crippen LogP contribution in [0.15, 0.2) is 24.3 Å². The number of methoxy groups -OCH3 is 1. The zero-order valence-corrected chi connectivity index (χ0v) is 13.5. The molecule has 3 N–H and O–H groups in total. The summed E-state index contributed by atoms with van der Waals surface area (Å²) in [5, 5.41) is 2.75. The van der Waals surface area contributed by atoms with Crippen LogP contribution in [0, 0.1) is 0 Å². The standard InChI is InChI=1S/C15H22N2O3.ClH/c1-4-9-15(2,14(19)20-3)17-13(18)12-7-5-11(10-16)6-8-12;/h5-8H,4,9-10,16H2,1-3H3,(H,17,18);1H. The molecule has 1 rings (SSSR count). The van der Waals surface area contributed by atoms with E-state index < -0.39 is 11.5 Å². The first kappa shape index (κ1) is 19.4. The van der Waals surface area contributed by atoms with Gasteiger partial charge in [0.25, 0.3) is 5.91 Å². The largest absolute Gasteiger partial charge is 0.467 e. The number of hydrogen-bond acceptors (Lipinski definition) is 4. The molecule has 118 valence electrons. The third-order valence-electron chi connectivity index (χ3n) is 3.23. The van der Waals surface area contributed by atoms with Crippen LogP contribution in [0.3, 0.4) is 0 Å². The Bertz CT molecular complexity index is 476. The van der Waals surface area contributed by atoms with Gasteiger partial charge in [-0.2, -0.15) is 0 Å². The van der Waals surface area contributed by atoms with Crippen molar-refractivity contribution in [2.45, 2.75) is 38.8 Å². The highest BCUT2D eigenvalue weighted by Gasteiger charge is 2.35. The molecule has 0 radical (unpaired) electrons. The second kappa shape index (κ2) is 8.64. The normalized spacial score (nSPS) is 12.8. The minimum atomic E-state index is -1.01. The lowest BCUT2D eigenvalue weighted by atomic mass is 9.95. The smallest absolute Gasteiger partial charge is 0.331 e. The van der Waals surface area contributed by atoms with Crippen molar-refractivity contribution in [3.8, 4) is 0 Å². The number of rotatable bonds is 6. The van der Waals surface area contributed by atoms with Gasteiger partial charge in [0.15, 0.2) is 0 Å². The Kier molecular flexibility index (Phi) is 7.99. The summed E-state index contributed by atoms with van der Waals surface area (Å²) >= 11 is 0. The maximum atomic E-state index is 12.2. The molecule has 6 heteroatoms. The number of ether oxygens (including phenoxy) is 1. The minimum Gasteiger partial charge on any atom is -0.467 e. The van der Waals surface area contributed by atoms with Gasteiger partial charge in [0, 0.05) is 12.1 Å². The molecule has 0 aromatic heterocycles. The Morgan fingerprint density at radius 2 is 1.86 bits per heavy atom. The van der Waals surface area contributed by atoms with Gasteiger partial charge in [-0.25, -0.2) is 4.79 Å². The molecule has 0 aliphatic carbocycles. The summed E-state index contributed by atoms with van der Waals surface area (Å²) in [6.45, 7) is 4.05. The van der Waals surface area contributed by atoms with Crippen molar-refractivity contribution in [1.29, 1.82) is 0 Å². The van der Waals surface area contributed by atoms with E-state index in [1.165, 1.54) is 7.11 Å². The van der Waals surface area contributed by atoms with Crippen LogP contribution in [0.5, 0.6) is 0 Å². The van der Waals surface area contributed by atoms with Gasteiger partial charge in [0.05, 0.1) is 7.11 Å². The van der Waals surface area contributed by atoms with E-state index in [2.05, 4.69) is 5.32 Å². The molecule has 0 heterocycles. The Hall–Kier alpha value is -1.59. The Morgan fingerprint density at radius 1 is 1.29 bits per heavy atom. The summed E-state index contributed by atoms with van der Waals surface area (Å²) in [6.07, 6.45) is 1.28. The van der Waals surface area contributed by atoms with Crippen molar-refractivity contribution in [2.75, 3.05) is 7.11 Å². The number of halogens is 1. The summed E-state index contributed by atoms with van der Waals surface area (Å²) in [5.74, 6) is -0.735. The van der Waals surface area contributed by atoms with E-state index in [1.807, 2.05) is 6.92 Å². The first-order valence-electron chi connectivity index (χ1n) is 6.66. The van der Waals surface area contributed by atoms with Crippen LogP contribution in [-0.2, 0) is 16.1 Å². The number of nitrogens with two attached hydrogens (primary N) is 1. The van der Waals surface area contributed by atoms with E-state index in [1.54, 1.807) is 31.2 Å². The molecule has 0 saturated heterocycles. The molecule has 0 bridgehead atoms. The second-order valence-electron chi connectivity index (χ2n) is 4.93. The van der Waals surface area contributed by atoms with Crippen LogP contribution in [-0.4, -0.2) is 24.5 Å². The van der Waals surface area contributed by atoms with Crippen LogP contribution in [0.1, 0.15) is 42.6 Å². The maximum Gasteiger partial charge on any atom is 0.331 e. The van der Waals surface area contributed by atoms with Gasteiger partial charge >= 0.3 is 5.97 Å². The number of esters is 1. The molecular weight excluding hydrogens is 292 g/mol. The molecule has 0 aliphatic rings. The number of nitrogens with one attached hydrogen (secondary N) is 1. The topological polar surface area (TPSA) is 81.4 Å². The molecule has 1 aromatic carbocycles. The van der Waals surface area contributed by atoms with Crippen LogP contribution in [0.25, 0.3) is 0 Å². The quantitative estimate of drug-likeness (QED) is 0.787. The molecular formula is C15H23ClN2O3. The second-order valence-corrected chi connectivity index (χ2v) is 4.93. The molecule has 0 saturated carbocycles.